The molecule has 0 fully saturated rings. The molecule has 0 amide bonds. The molecule has 1 aliphatic rings. The lowest BCUT2D eigenvalue weighted by atomic mass is 10.2. The summed E-state index contributed by atoms with van der Waals surface area (Å²) in [5, 5.41) is 0. The Balaban J connectivity index is 1.98. The molecule has 104 valence electrons. The third kappa shape index (κ3) is 2.72. The van der Waals surface area contributed by atoms with Gasteiger partial charge in [-0.2, -0.15) is 0 Å². The Kier molecular flexibility index (Phi) is 3.31. The van der Waals surface area contributed by atoms with Crippen LogP contribution in [-0.2, 0) is 9.53 Å². The summed E-state index contributed by atoms with van der Waals surface area (Å²) in [7, 11) is 0. The summed E-state index contributed by atoms with van der Waals surface area (Å²) >= 11 is 0. The van der Waals surface area contributed by atoms with Crippen molar-refractivity contribution in [1.82, 2.24) is 0 Å². The van der Waals surface area contributed by atoms with Gasteiger partial charge in [0.15, 0.2) is 5.70 Å². The van der Waals surface area contributed by atoms with Gasteiger partial charge in [-0.05, 0) is 30.3 Å². The molecule has 5 heteroatoms. The van der Waals surface area contributed by atoms with E-state index in [1.807, 2.05) is 0 Å². The molecule has 0 radical (unpaired) electrons. The van der Waals surface area contributed by atoms with E-state index in [-0.39, 0.29) is 17.2 Å². The Morgan fingerprint density at radius 3 is 2.62 bits per heavy atom. The number of esters is 1. The van der Waals surface area contributed by atoms with E-state index < -0.39 is 17.6 Å². The van der Waals surface area contributed by atoms with Crippen molar-refractivity contribution in [1.29, 1.82) is 0 Å². The first-order valence-corrected chi connectivity index (χ1v) is 6.16. The number of hydrogen-bond acceptors (Lipinski definition) is 3. The van der Waals surface area contributed by atoms with Crippen LogP contribution in [0.3, 0.4) is 0 Å². The van der Waals surface area contributed by atoms with Crippen LogP contribution < -0.4 is 0 Å². The summed E-state index contributed by atoms with van der Waals surface area (Å²) in [5.74, 6) is -1.62. The Labute approximate surface area is 119 Å². The fourth-order valence-electron chi connectivity index (χ4n) is 1.89. The van der Waals surface area contributed by atoms with E-state index in [0.717, 1.165) is 0 Å². The second kappa shape index (κ2) is 5.28. The van der Waals surface area contributed by atoms with E-state index in [1.54, 1.807) is 18.2 Å². The molecule has 0 aliphatic carbocycles. The number of carbonyl (C=O) groups is 1. The highest BCUT2D eigenvalue weighted by Gasteiger charge is 2.24. The maximum atomic E-state index is 13.5. The van der Waals surface area contributed by atoms with E-state index in [2.05, 4.69) is 4.99 Å². The number of hydrogen-bond donors (Lipinski definition) is 0. The number of nitrogens with zero attached hydrogens (tertiary/aromatic N) is 1. The van der Waals surface area contributed by atoms with Crippen molar-refractivity contribution >= 4 is 17.9 Å². The van der Waals surface area contributed by atoms with Crippen LogP contribution in [0.2, 0.25) is 0 Å². The largest absolute Gasteiger partial charge is 0.402 e. The molecular weight excluding hydrogens is 276 g/mol. The summed E-state index contributed by atoms with van der Waals surface area (Å²) in [4.78, 5) is 15.7. The number of benzene rings is 2. The lowest BCUT2D eigenvalue weighted by Crippen LogP contribution is -2.05. The molecule has 1 heterocycles. The molecule has 3 rings (SSSR count). The Morgan fingerprint density at radius 1 is 1.05 bits per heavy atom. The second-order valence-electron chi connectivity index (χ2n) is 4.37. The van der Waals surface area contributed by atoms with Gasteiger partial charge in [0.1, 0.15) is 11.6 Å². The Morgan fingerprint density at radius 2 is 1.86 bits per heavy atom. The predicted molar refractivity (Wildman–Crippen MR) is 73.4 cm³/mol. The van der Waals surface area contributed by atoms with E-state index in [9.17, 15) is 13.6 Å². The van der Waals surface area contributed by atoms with Gasteiger partial charge >= 0.3 is 5.97 Å². The van der Waals surface area contributed by atoms with E-state index >= 15 is 0 Å². The average Bonchev–Trinajstić information content (AvgIpc) is 2.83. The van der Waals surface area contributed by atoms with Gasteiger partial charge in [0.05, 0.1) is 0 Å². The molecule has 0 spiro atoms. The molecule has 0 aromatic heterocycles. The topological polar surface area (TPSA) is 38.7 Å². The number of rotatable bonds is 2. The molecular formula is C16H9F2NO2. The minimum atomic E-state index is -0.697. The van der Waals surface area contributed by atoms with Gasteiger partial charge in [-0.25, -0.2) is 18.6 Å². The quantitative estimate of drug-likeness (QED) is 0.627. The number of carbonyl (C=O) groups excluding carboxylic acids is 1. The van der Waals surface area contributed by atoms with Crippen LogP contribution in [-0.4, -0.2) is 11.9 Å². The summed E-state index contributed by atoms with van der Waals surface area (Å²) < 4.78 is 31.7. The fraction of sp³-hybridized carbons (Fsp3) is 0. The van der Waals surface area contributed by atoms with Crippen LogP contribution in [0.1, 0.15) is 11.1 Å². The second-order valence-corrected chi connectivity index (χ2v) is 4.37. The smallest absolute Gasteiger partial charge is 0.363 e. The zero-order valence-electron chi connectivity index (χ0n) is 10.7. The minimum absolute atomic E-state index is 0.00193. The zero-order valence-corrected chi connectivity index (χ0v) is 10.7. The molecule has 1 aliphatic heterocycles. The normalized spacial score (nSPS) is 16.0. The highest BCUT2D eigenvalue weighted by Crippen LogP contribution is 2.20. The fourth-order valence-corrected chi connectivity index (χ4v) is 1.89. The molecule has 2 aromatic carbocycles. The first-order chi connectivity index (χ1) is 10.1. The highest BCUT2D eigenvalue weighted by atomic mass is 19.1. The van der Waals surface area contributed by atoms with Gasteiger partial charge in [0.2, 0.25) is 5.90 Å². The first-order valence-electron chi connectivity index (χ1n) is 6.16. The maximum absolute atomic E-state index is 13.5. The minimum Gasteiger partial charge on any atom is -0.402 e. The molecule has 2 aromatic rings. The van der Waals surface area contributed by atoms with Crippen LogP contribution >= 0.6 is 0 Å². The Hall–Kier alpha value is -2.82. The molecule has 0 N–H and O–H groups in total. The molecule has 0 atom stereocenters. The molecule has 3 nitrogen and oxygen atoms in total. The third-order valence-electron chi connectivity index (χ3n) is 2.89. The number of halogens is 2. The predicted octanol–water partition coefficient (Wildman–Crippen LogP) is 3.31. The molecule has 0 unspecified atom stereocenters. The zero-order chi connectivity index (χ0) is 14.8. The van der Waals surface area contributed by atoms with Gasteiger partial charge in [0, 0.05) is 11.1 Å². The average molecular weight is 285 g/mol. The van der Waals surface area contributed by atoms with Gasteiger partial charge in [-0.3, -0.25) is 0 Å². The van der Waals surface area contributed by atoms with Crippen molar-refractivity contribution in [2.75, 3.05) is 0 Å². The highest BCUT2D eigenvalue weighted by molar-refractivity contribution is 6.12. The van der Waals surface area contributed by atoms with Crippen molar-refractivity contribution in [3.63, 3.8) is 0 Å². The molecule has 0 saturated heterocycles. The standard InChI is InChI=1S/C16H9F2NO2/c17-12-6-3-5-11(8-12)15-19-14(16(20)21-15)9-10-4-1-2-7-13(10)18/h1-9H/b14-9-. The lowest BCUT2D eigenvalue weighted by Gasteiger charge is -1.98. The summed E-state index contributed by atoms with van der Waals surface area (Å²) in [6.45, 7) is 0. The van der Waals surface area contributed by atoms with Crippen LogP contribution in [0.25, 0.3) is 6.08 Å². The van der Waals surface area contributed by atoms with Crippen LogP contribution in [0.4, 0.5) is 8.78 Å². The van der Waals surface area contributed by atoms with Gasteiger partial charge in [-0.1, -0.05) is 24.3 Å². The lowest BCUT2D eigenvalue weighted by molar-refractivity contribution is -0.129. The maximum Gasteiger partial charge on any atom is 0.363 e. The van der Waals surface area contributed by atoms with Crippen LogP contribution in [0.15, 0.2) is 59.2 Å². The third-order valence-corrected chi connectivity index (χ3v) is 2.89. The van der Waals surface area contributed by atoms with Crippen LogP contribution in [0.5, 0.6) is 0 Å². The van der Waals surface area contributed by atoms with Gasteiger partial charge < -0.3 is 4.74 Å². The van der Waals surface area contributed by atoms with Crippen molar-refractivity contribution < 1.29 is 18.3 Å². The number of cyclic esters (lactones) is 1. The number of ether oxygens (including phenoxy) is 1. The first kappa shape index (κ1) is 13.2. The monoisotopic (exact) mass is 285 g/mol. The summed E-state index contributed by atoms with van der Waals surface area (Å²) in [6.07, 6.45) is 1.30. The molecule has 0 saturated carbocycles. The van der Waals surface area contributed by atoms with Crippen molar-refractivity contribution in [3.05, 3.63) is 77.0 Å². The molecule has 21 heavy (non-hydrogen) atoms. The van der Waals surface area contributed by atoms with Gasteiger partial charge in [-0.15, -0.1) is 0 Å². The van der Waals surface area contributed by atoms with Crippen molar-refractivity contribution in [2.24, 2.45) is 4.99 Å². The van der Waals surface area contributed by atoms with Crippen molar-refractivity contribution in [2.45, 2.75) is 0 Å². The van der Waals surface area contributed by atoms with Gasteiger partial charge in [0.25, 0.3) is 0 Å². The molecule has 0 bridgehead atoms. The number of aliphatic imine (C=N–C) groups is 1. The Bertz CT molecular complexity index is 781. The van der Waals surface area contributed by atoms with Crippen LogP contribution in [0, 0.1) is 11.6 Å². The van der Waals surface area contributed by atoms with E-state index in [4.69, 9.17) is 4.74 Å². The SMILES string of the molecule is O=C1OC(c2cccc(F)c2)=N/C1=C\c1ccccc1F. The summed E-state index contributed by atoms with van der Waals surface area (Å²) in [6, 6.07) is 11.5. The summed E-state index contributed by atoms with van der Waals surface area (Å²) in [5.41, 5.74) is 0.549. The van der Waals surface area contributed by atoms with Crippen molar-refractivity contribution in [3.8, 4) is 0 Å². The van der Waals surface area contributed by atoms with E-state index in [0.29, 0.717) is 5.56 Å². The van der Waals surface area contributed by atoms with E-state index in [1.165, 1.54) is 36.4 Å².